The maximum atomic E-state index is 5.53. The van der Waals surface area contributed by atoms with Gasteiger partial charge in [0.25, 0.3) is 0 Å². The van der Waals surface area contributed by atoms with Crippen molar-refractivity contribution in [1.29, 1.82) is 0 Å². The van der Waals surface area contributed by atoms with Crippen LogP contribution in [0.5, 0.6) is 0 Å². The largest absolute Gasteiger partial charge is 0.457 e. The lowest BCUT2D eigenvalue weighted by Crippen LogP contribution is -2.31. The van der Waals surface area contributed by atoms with E-state index in [-0.39, 0.29) is 7.12 Å². The zero-order valence-corrected chi connectivity index (χ0v) is 8.92. The van der Waals surface area contributed by atoms with Crippen LogP contribution in [0.1, 0.15) is 39.5 Å². The van der Waals surface area contributed by atoms with Gasteiger partial charge in [0.2, 0.25) is 0 Å². The van der Waals surface area contributed by atoms with Gasteiger partial charge in [0.05, 0.1) is 0 Å². The highest BCUT2D eigenvalue weighted by atomic mass is 16.6. The molecule has 3 heteroatoms. The summed E-state index contributed by atoms with van der Waals surface area (Å²) in [6.07, 6.45) is 5.97. The third-order valence-electron chi connectivity index (χ3n) is 2.70. The maximum Gasteiger partial charge on any atom is 0.457 e. The summed E-state index contributed by atoms with van der Waals surface area (Å²) in [5.74, 6) is 0.785. The lowest BCUT2D eigenvalue weighted by Gasteiger charge is -2.23. The van der Waals surface area contributed by atoms with Crippen molar-refractivity contribution in [1.82, 2.24) is 0 Å². The number of hydrogen-bond acceptors (Lipinski definition) is 2. The second-order valence-electron chi connectivity index (χ2n) is 3.82. The molecular weight excluding hydrogens is 163 g/mol. The van der Waals surface area contributed by atoms with Gasteiger partial charge >= 0.3 is 7.12 Å². The fourth-order valence-corrected chi connectivity index (χ4v) is 1.84. The topological polar surface area (TPSA) is 18.5 Å². The molecule has 0 aromatic rings. The maximum absolute atomic E-state index is 5.53. The van der Waals surface area contributed by atoms with Crippen molar-refractivity contribution in [3.63, 3.8) is 0 Å². The molecule has 13 heavy (non-hydrogen) atoms. The van der Waals surface area contributed by atoms with Crippen LogP contribution in [0.25, 0.3) is 0 Å². The molecule has 0 amide bonds. The Labute approximate surface area is 82.1 Å². The molecule has 0 aromatic heterocycles. The Morgan fingerprint density at radius 2 is 1.92 bits per heavy atom. The Bertz CT molecular complexity index is 121. The van der Waals surface area contributed by atoms with Gasteiger partial charge in [-0.25, -0.2) is 0 Å². The van der Waals surface area contributed by atoms with Gasteiger partial charge in [0.1, 0.15) is 0 Å². The van der Waals surface area contributed by atoms with Gasteiger partial charge in [-0.3, -0.25) is 0 Å². The molecule has 1 saturated heterocycles. The van der Waals surface area contributed by atoms with E-state index in [1.165, 1.54) is 19.3 Å². The van der Waals surface area contributed by atoms with Gasteiger partial charge < -0.3 is 9.31 Å². The van der Waals surface area contributed by atoms with Crippen LogP contribution in [0, 0.1) is 5.92 Å². The van der Waals surface area contributed by atoms with Gasteiger partial charge in [-0.2, -0.15) is 0 Å². The molecule has 0 spiro atoms. The number of hydrogen-bond donors (Lipinski definition) is 0. The molecule has 0 radical (unpaired) electrons. The van der Waals surface area contributed by atoms with E-state index in [1.54, 1.807) is 0 Å². The molecule has 1 aliphatic heterocycles. The van der Waals surface area contributed by atoms with Crippen LogP contribution in [0.4, 0.5) is 0 Å². The van der Waals surface area contributed by atoms with Crippen molar-refractivity contribution in [2.75, 3.05) is 13.2 Å². The Hall–Kier alpha value is -0.0151. The Morgan fingerprint density at radius 3 is 2.46 bits per heavy atom. The molecule has 1 aliphatic rings. The van der Waals surface area contributed by atoms with E-state index in [4.69, 9.17) is 9.31 Å². The third-order valence-corrected chi connectivity index (χ3v) is 2.70. The molecule has 1 rings (SSSR count). The molecule has 0 aromatic carbocycles. The van der Waals surface area contributed by atoms with Gasteiger partial charge in [0.15, 0.2) is 0 Å². The molecule has 1 heterocycles. The summed E-state index contributed by atoms with van der Waals surface area (Å²) in [6.45, 7) is 6.26. The van der Waals surface area contributed by atoms with Crippen LogP contribution < -0.4 is 0 Å². The van der Waals surface area contributed by atoms with Gasteiger partial charge in [-0.1, -0.05) is 33.1 Å². The van der Waals surface area contributed by atoms with E-state index in [9.17, 15) is 0 Å². The lowest BCUT2D eigenvalue weighted by atomic mass is 9.74. The summed E-state index contributed by atoms with van der Waals surface area (Å²) < 4.78 is 11.1. The lowest BCUT2D eigenvalue weighted by molar-refractivity contribution is 0.130. The summed E-state index contributed by atoms with van der Waals surface area (Å²) in [5.41, 5.74) is 0. The molecule has 1 unspecified atom stereocenters. The second-order valence-corrected chi connectivity index (χ2v) is 3.82. The molecule has 1 atom stereocenters. The molecular formula is C10H21BO2. The molecule has 2 nitrogen and oxygen atoms in total. The van der Waals surface area contributed by atoms with Crippen molar-refractivity contribution in [3.05, 3.63) is 0 Å². The summed E-state index contributed by atoms with van der Waals surface area (Å²) in [7, 11) is 0.0882. The van der Waals surface area contributed by atoms with E-state index >= 15 is 0 Å². The summed E-state index contributed by atoms with van der Waals surface area (Å²) in [4.78, 5) is 0. The van der Waals surface area contributed by atoms with Gasteiger partial charge in [-0.05, 0) is 18.7 Å². The predicted octanol–water partition coefficient (Wildman–Crippen LogP) is 2.74. The molecule has 0 saturated carbocycles. The average molecular weight is 184 g/mol. The van der Waals surface area contributed by atoms with E-state index in [1.807, 2.05) is 0 Å². The molecule has 76 valence electrons. The molecule has 0 aliphatic carbocycles. The molecule has 1 fully saturated rings. The summed E-state index contributed by atoms with van der Waals surface area (Å²) in [6, 6.07) is 0. The first kappa shape index (κ1) is 11.1. The monoisotopic (exact) mass is 184 g/mol. The zero-order chi connectivity index (χ0) is 9.52. The quantitative estimate of drug-likeness (QED) is 0.611. The minimum absolute atomic E-state index is 0.0882. The van der Waals surface area contributed by atoms with E-state index in [2.05, 4.69) is 13.8 Å². The fourth-order valence-electron chi connectivity index (χ4n) is 1.84. The Morgan fingerprint density at radius 1 is 1.23 bits per heavy atom. The Balaban J connectivity index is 2.18. The fraction of sp³-hybridized carbons (Fsp3) is 1.00. The third kappa shape index (κ3) is 4.14. The van der Waals surface area contributed by atoms with Gasteiger partial charge in [0, 0.05) is 13.2 Å². The molecule has 0 N–H and O–H groups in total. The second kappa shape index (κ2) is 6.44. The normalized spacial score (nSPS) is 20.3. The first-order chi connectivity index (χ1) is 6.36. The summed E-state index contributed by atoms with van der Waals surface area (Å²) >= 11 is 0. The van der Waals surface area contributed by atoms with E-state index < -0.39 is 0 Å². The first-order valence-corrected chi connectivity index (χ1v) is 5.60. The van der Waals surface area contributed by atoms with Crippen molar-refractivity contribution in [2.45, 2.75) is 45.9 Å². The number of rotatable bonds is 5. The Kier molecular flexibility index (Phi) is 5.48. The zero-order valence-electron chi connectivity index (χ0n) is 8.92. The highest BCUT2D eigenvalue weighted by Crippen LogP contribution is 2.20. The van der Waals surface area contributed by atoms with E-state index in [0.717, 1.165) is 31.9 Å². The van der Waals surface area contributed by atoms with Crippen LogP contribution in [0.2, 0.25) is 6.32 Å². The van der Waals surface area contributed by atoms with Crippen molar-refractivity contribution in [2.24, 2.45) is 5.92 Å². The minimum atomic E-state index is 0.0882. The van der Waals surface area contributed by atoms with Crippen LogP contribution in [-0.4, -0.2) is 20.3 Å². The SMILES string of the molecule is CCCC(CC)CB1OCCCO1. The highest BCUT2D eigenvalue weighted by molar-refractivity contribution is 6.44. The van der Waals surface area contributed by atoms with Crippen LogP contribution >= 0.6 is 0 Å². The highest BCUT2D eigenvalue weighted by Gasteiger charge is 2.24. The van der Waals surface area contributed by atoms with Crippen LogP contribution in [0.15, 0.2) is 0 Å². The van der Waals surface area contributed by atoms with Crippen LogP contribution in [-0.2, 0) is 9.31 Å². The first-order valence-electron chi connectivity index (χ1n) is 5.60. The predicted molar refractivity (Wildman–Crippen MR) is 55.8 cm³/mol. The van der Waals surface area contributed by atoms with Gasteiger partial charge in [-0.15, -0.1) is 0 Å². The van der Waals surface area contributed by atoms with Crippen molar-refractivity contribution in [3.8, 4) is 0 Å². The minimum Gasteiger partial charge on any atom is -0.411 e. The average Bonchev–Trinajstić information content (AvgIpc) is 2.19. The van der Waals surface area contributed by atoms with Crippen molar-refractivity contribution >= 4 is 7.12 Å². The smallest absolute Gasteiger partial charge is 0.411 e. The summed E-state index contributed by atoms with van der Waals surface area (Å²) in [5, 5.41) is 0. The van der Waals surface area contributed by atoms with E-state index in [0.29, 0.717) is 0 Å². The van der Waals surface area contributed by atoms with Crippen molar-refractivity contribution < 1.29 is 9.31 Å². The standard InChI is InChI=1S/C10H21BO2/c1-3-6-10(4-2)9-11-12-7-5-8-13-11/h10H,3-9H2,1-2H3. The molecule has 0 bridgehead atoms. The van der Waals surface area contributed by atoms with Crippen LogP contribution in [0.3, 0.4) is 0 Å².